The van der Waals surface area contributed by atoms with Crippen molar-refractivity contribution in [2.45, 2.75) is 38.5 Å². The third-order valence-electron chi connectivity index (χ3n) is 6.00. The van der Waals surface area contributed by atoms with Crippen molar-refractivity contribution < 1.29 is 0 Å². The first-order valence-electron chi connectivity index (χ1n) is 10.3. The first kappa shape index (κ1) is 16.7. The summed E-state index contributed by atoms with van der Waals surface area (Å²) in [5.41, 5.74) is 2.58. The molecule has 0 radical (unpaired) electrons. The minimum Gasteiger partial charge on any atom is -0.356 e. The fourth-order valence-electron chi connectivity index (χ4n) is 4.40. The Morgan fingerprint density at radius 3 is 2.33 bits per heavy atom. The molecule has 0 saturated carbocycles. The van der Waals surface area contributed by atoms with Gasteiger partial charge in [-0.1, -0.05) is 0 Å². The molecular formula is C20H27N7. The highest BCUT2D eigenvalue weighted by molar-refractivity contribution is 5.47. The van der Waals surface area contributed by atoms with E-state index >= 15 is 0 Å². The van der Waals surface area contributed by atoms with E-state index in [4.69, 9.17) is 4.98 Å². The molecule has 2 aromatic rings. The molecule has 2 fully saturated rings. The minimum absolute atomic E-state index is 0.859. The second kappa shape index (κ2) is 7.29. The number of aromatic nitrogens is 4. The number of hydrogen-bond acceptors (Lipinski definition) is 7. The number of piperidine rings is 1. The van der Waals surface area contributed by atoms with Crippen LogP contribution in [0.1, 0.15) is 36.9 Å². The highest BCUT2D eigenvalue weighted by Crippen LogP contribution is 2.24. The predicted octanol–water partition coefficient (Wildman–Crippen LogP) is 2.07. The third-order valence-corrected chi connectivity index (χ3v) is 6.00. The van der Waals surface area contributed by atoms with Gasteiger partial charge < -0.3 is 14.7 Å². The lowest BCUT2D eigenvalue weighted by Crippen LogP contribution is -2.47. The summed E-state index contributed by atoms with van der Waals surface area (Å²) in [6.07, 6.45) is 9.22. The molecule has 5 rings (SSSR count). The van der Waals surface area contributed by atoms with E-state index in [1.165, 1.54) is 36.9 Å². The summed E-state index contributed by atoms with van der Waals surface area (Å²) >= 11 is 0. The van der Waals surface area contributed by atoms with E-state index in [2.05, 4.69) is 35.9 Å². The van der Waals surface area contributed by atoms with E-state index in [9.17, 15) is 0 Å². The molecule has 0 bridgehead atoms. The predicted molar refractivity (Wildman–Crippen MR) is 107 cm³/mol. The van der Waals surface area contributed by atoms with E-state index in [-0.39, 0.29) is 0 Å². The van der Waals surface area contributed by atoms with Crippen molar-refractivity contribution in [1.82, 2.24) is 20.2 Å². The lowest BCUT2D eigenvalue weighted by Gasteiger charge is -2.35. The quantitative estimate of drug-likeness (QED) is 0.825. The van der Waals surface area contributed by atoms with Crippen LogP contribution in [0.25, 0.3) is 0 Å². The Bertz CT molecular complexity index is 795. The molecule has 0 atom stereocenters. The number of nitrogens with zero attached hydrogens (tertiary/aromatic N) is 7. The maximum Gasteiger partial charge on any atom is 0.227 e. The van der Waals surface area contributed by atoms with Crippen LogP contribution in [0.3, 0.4) is 0 Å². The number of fused-ring (bicyclic) bond motifs is 1. The zero-order chi connectivity index (χ0) is 18.1. The average Bonchev–Trinajstić information content (AvgIpc) is 3.22. The van der Waals surface area contributed by atoms with Crippen molar-refractivity contribution in [2.75, 3.05) is 54.0 Å². The standard InChI is InChI=1S/C20H27N7/c1-2-9-25(10-3-1)18-7-8-21-20(22-18)27-13-11-26(12-14-27)19-15-16-5-4-6-17(16)23-24-19/h7-8,15H,1-6,9-14H2. The van der Waals surface area contributed by atoms with Crippen molar-refractivity contribution in [1.29, 1.82) is 0 Å². The second-order valence-corrected chi connectivity index (χ2v) is 7.76. The van der Waals surface area contributed by atoms with Crippen molar-refractivity contribution in [3.8, 4) is 0 Å². The van der Waals surface area contributed by atoms with Gasteiger partial charge in [-0.15, -0.1) is 5.10 Å². The zero-order valence-corrected chi connectivity index (χ0v) is 15.8. The largest absolute Gasteiger partial charge is 0.356 e. The molecular weight excluding hydrogens is 338 g/mol. The molecule has 0 aromatic carbocycles. The molecule has 2 aliphatic heterocycles. The van der Waals surface area contributed by atoms with Gasteiger partial charge in [0.05, 0.1) is 5.69 Å². The Morgan fingerprint density at radius 2 is 1.48 bits per heavy atom. The number of piperazine rings is 1. The molecule has 7 heteroatoms. The van der Waals surface area contributed by atoms with Gasteiger partial charge in [-0.2, -0.15) is 10.1 Å². The molecule has 0 amide bonds. The van der Waals surface area contributed by atoms with Crippen LogP contribution in [0.5, 0.6) is 0 Å². The van der Waals surface area contributed by atoms with Gasteiger partial charge in [-0.05, 0) is 56.2 Å². The molecule has 0 spiro atoms. The van der Waals surface area contributed by atoms with Gasteiger partial charge in [0.1, 0.15) is 5.82 Å². The molecule has 4 heterocycles. The summed E-state index contributed by atoms with van der Waals surface area (Å²) < 4.78 is 0. The van der Waals surface area contributed by atoms with Crippen LogP contribution in [0.4, 0.5) is 17.6 Å². The van der Waals surface area contributed by atoms with E-state index in [1.54, 1.807) is 0 Å². The molecule has 1 aliphatic carbocycles. The Morgan fingerprint density at radius 1 is 0.704 bits per heavy atom. The number of rotatable bonds is 3. The molecule has 2 aromatic heterocycles. The Kier molecular flexibility index (Phi) is 4.51. The SMILES string of the molecule is c1cc(N2CCCCC2)nc(N2CCN(c3cc4c(nn3)CCC4)CC2)n1. The van der Waals surface area contributed by atoms with Crippen LogP contribution in [-0.2, 0) is 12.8 Å². The Hall–Kier alpha value is -2.44. The summed E-state index contributed by atoms with van der Waals surface area (Å²) in [5, 5.41) is 8.91. The number of anilines is 3. The molecule has 7 nitrogen and oxygen atoms in total. The summed E-state index contributed by atoms with van der Waals surface area (Å²) in [7, 11) is 0. The number of aryl methyl sites for hydroxylation is 2. The fraction of sp³-hybridized carbons (Fsp3) is 0.600. The smallest absolute Gasteiger partial charge is 0.227 e. The molecule has 0 unspecified atom stereocenters. The van der Waals surface area contributed by atoms with E-state index in [0.717, 1.165) is 69.7 Å². The average molecular weight is 365 g/mol. The van der Waals surface area contributed by atoms with Gasteiger partial charge in [-0.3, -0.25) is 0 Å². The lowest BCUT2D eigenvalue weighted by atomic mass is 10.1. The topological polar surface area (TPSA) is 61.3 Å². The number of hydrogen-bond donors (Lipinski definition) is 0. The van der Waals surface area contributed by atoms with Crippen LogP contribution in [0.15, 0.2) is 18.3 Å². The zero-order valence-electron chi connectivity index (χ0n) is 15.8. The summed E-state index contributed by atoms with van der Waals surface area (Å²) in [6.45, 7) is 5.93. The lowest BCUT2D eigenvalue weighted by molar-refractivity contribution is 0.571. The monoisotopic (exact) mass is 365 g/mol. The van der Waals surface area contributed by atoms with Crippen LogP contribution < -0.4 is 14.7 Å². The van der Waals surface area contributed by atoms with Crippen LogP contribution >= 0.6 is 0 Å². The van der Waals surface area contributed by atoms with E-state index in [1.807, 2.05) is 12.3 Å². The van der Waals surface area contributed by atoms with Gasteiger partial charge in [0.2, 0.25) is 5.95 Å². The van der Waals surface area contributed by atoms with Crippen molar-refractivity contribution in [3.05, 3.63) is 29.6 Å². The van der Waals surface area contributed by atoms with Gasteiger partial charge in [-0.25, -0.2) is 4.98 Å². The maximum atomic E-state index is 4.86. The van der Waals surface area contributed by atoms with Crippen LogP contribution in [0.2, 0.25) is 0 Å². The first-order chi connectivity index (χ1) is 13.4. The van der Waals surface area contributed by atoms with Gasteiger partial charge in [0, 0.05) is 45.5 Å². The van der Waals surface area contributed by atoms with Crippen molar-refractivity contribution >= 4 is 17.6 Å². The summed E-state index contributed by atoms with van der Waals surface area (Å²) in [4.78, 5) is 16.4. The molecule has 27 heavy (non-hydrogen) atoms. The van der Waals surface area contributed by atoms with E-state index in [0.29, 0.717) is 0 Å². The summed E-state index contributed by atoms with van der Waals surface area (Å²) in [5.74, 6) is 2.96. The normalized spacial score (nSPS) is 20.1. The summed E-state index contributed by atoms with van der Waals surface area (Å²) in [6, 6.07) is 4.30. The van der Waals surface area contributed by atoms with Crippen LogP contribution in [0, 0.1) is 0 Å². The molecule has 3 aliphatic rings. The van der Waals surface area contributed by atoms with Gasteiger partial charge in [0.15, 0.2) is 5.82 Å². The van der Waals surface area contributed by atoms with Gasteiger partial charge in [0.25, 0.3) is 0 Å². The molecule has 0 N–H and O–H groups in total. The van der Waals surface area contributed by atoms with Crippen molar-refractivity contribution in [3.63, 3.8) is 0 Å². The Balaban J connectivity index is 1.25. The molecule has 2 saturated heterocycles. The van der Waals surface area contributed by atoms with Gasteiger partial charge >= 0.3 is 0 Å². The first-order valence-corrected chi connectivity index (χ1v) is 10.3. The minimum atomic E-state index is 0.859. The van der Waals surface area contributed by atoms with Crippen molar-refractivity contribution in [2.24, 2.45) is 0 Å². The highest BCUT2D eigenvalue weighted by atomic mass is 15.4. The third kappa shape index (κ3) is 3.42. The van der Waals surface area contributed by atoms with E-state index < -0.39 is 0 Å². The fourth-order valence-corrected chi connectivity index (χ4v) is 4.40. The van der Waals surface area contributed by atoms with Crippen LogP contribution in [-0.4, -0.2) is 59.4 Å². The molecule has 142 valence electrons. The second-order valence-electron chi connectivity index (χ2n) is 7.76. The maximum absolute atomic E-state index is 4.86. The highest BCUT2D eigenvalue weighted by Gasteiger charge is 2.23. The Labute approximate surface area is 160 Å².